The molecule has 0 aliphatic rings. The largest absolute Gasteiger partial charge is 0.490 e. The fourth-order valence-electron chi connectivity index (χ4n) is 2.02. The molecule has 0 bridgehead atoms. The van der Waals surface area contributed by atoms with Crippen molar-refractivity contribution in [1.29, 1.82) is 0 Å². The van der Waals surface area contributed by atoms with E-state index in [4.69, 9.17) is 4.74 Å². The molecule has 19 heavy (non-hydrogen) atoms. The second-order valence-electron chi connectivity index (χ2n) is 4.89. The van der Waals surface area contributed by atoms with E-state index in [9.17, 15) is 4.39 Å². The highest BCUT2D eigenvalue weighted by molar-refractivity contribution is 5.37. The van der Waals surface area contributed by atoms with Crippen LogP contribution in [-0.4, -0.2) is 13.2 Å². The predicted molar refractivity (Wildman–Crippen MR) is 78.1 cm³/mol. The Kier molecular flexibility index (Phi) is 7.49. The van der Waals surface area contributed by atoms with Crippen molar-refractivity contribution < 1.29 is 9.13 Å². The third kappa shape index (κ3) is 5.19. The average molecular weight is 267 g/mol. The first-order valence-electron chi connectivity index (χ1n) is 7.35. The van der Waals surface area contributed by atoms with E-state index in [-0.39, 0.29) is 11.9 Å². The maximum atomic E-state index is 13.9. The predicted octanol–water partition coefficient (Wildman–Crippen LogP) is 4.46. The molecule has 0 saturated heterocycles. The van der Waals surface area contributed by atoms with Gasteiger partial charge in [-0.15, -0.1) is 0 Å². The van der Waals surface area contributed by atoms with Gasteiger partial charge in [0.1, 0.15) is 0 Å². The molecule has 1 unspecified atom stereocenters. The van der Waals surface area contributed by atoms with Crippen molar-refractivity contribution in [2.75, 3.05) is 13.2 Å². The third-order valence-electron chi connectivity index (χ3n) is 3.16. The zero-order chi connectivity index (χ0) is 14.1. The van der Waals surface area contributed by atoms with Crippen molar-refractivity contribution in [2.45, 2.75) is 52.5 Å². The second kappa shape index (κ2) is 8.92. The van der Waals surface area contributed by atoms with Crippen molar-refractivity contribution in [3.8, 4) is 5.75 Å². The van der Waals surface area contributed by atoms with Crippen LogP contribution in [0.2, 0.25) is 0 Å². The zero-order valence-corrected chi connectivity index (χ0v) is 12.3. The average Bonchev–Trinajstić information content (AvgIpc) is 2.42. The van der Waals surface area contributed by atoms with E-state index < -0.39 is 0 Å². The van der Waals surface area contributed by atoms with Crippen molar-refractivity contribution >= 4 is 0 Å². The molecule has 0 aromatic heterocycles. The summed E-state index contributed by atoms with van der Waals surface area (Å²) in [6.45, 7) is 7.82. The molecule has 2 nitrogen and oxygen atoms in total. The molecule has 1 N–H and O–H groups in total. The molecule has 0 radical (unpaired) electrons. The van der Waals surface area contributed by atoms with Gasteiger partial charge in [0, 0.05) is 11.6 Å². The zero-order valence-electron chi connectivity index (χ0n) is 12.3. The van der Waals surface area contributed by atoms with Crippen molar-refractivity contribution in [3.63, 3.8) is 0 Å². The van der Waals surface area contributed by atoms with E-state index in [1.54, 1.807) is 6.07 Å². The Hall–Kier alpha value is -1.09. The number of hydrogen-bond donors (Lipinski definition) is 1. The summed E-state index contributed by atoms with van der Waals surface area (Å²) >= 11 is 0. The standard InChI is InChI=1S/C16H26FNO/c1-4-6-7-12-19-16-14(9-8-10-15(16)17)13(3)18-11-5-2/h8-10,13,18H,4-7,11-12H2,1-3H3. The van der Waals surface area contributed by atoms with E-state index in [0.717, 1.165) is 37.8 Å². The lowest BCUT2D eigenvalue weighted by Gasteiger charge is -2.18. The van der Waals surface area contributed by atoms with Gasteiger partial charge in [0.2, 0.25) is 0 Å². The van der Waals surface area contributed by atoms with Gasteiger partial charge in [0.25, 0.3) is 0 Å². The van der Waals surface area contributed by atoms with Crippen molar-refractivity contribution in [2.24, 2.45) is 0 Å². The number of unbranched alkanes of at least 4 members (excludes halogenated alkanes) is 2. The molecule has 1 aromatic carbocycles. The first kappa shape index (κ1) is 16.0. The van der Waals surface area contributed by atoms with Crippen LogP contribution < -0.4 is 10.1 Å². The highest BCUT2D eigenvalue weighted by Gasteiger charge is 2.14. The van der Waals surface area contributed by atoms with Gasteiger partial charge in [-0.3, -0.25) is 0 Å². The number of rotatable bonds is 9. The summed E-state index contributed by atoms with van der Waals surface area (Å²) in [4.78, 5) is 0. The number of nitrogens with one attached hydrogen (secondary N) is 1. The van der Waals surface area contributed by atoms with Gasteiger partial charge in [-0.25, -0.2) is 4.39 Å². The molecular weight excluding hydrogens is 241 g/mol. The van der Waals surface area contributed by atoms with Crippen LogP contribution in [0.1, 0.15) is 58.1 Å². The highest BCUT2D eigenvalue weighted by atomic mass is 19.1. The van der Waals surface area contributed by atoms with Gasteiger partial charge in [0.05, 0.1) is 6.61 Å². The van der Waals surface area contributed by atoms with E-state index in [2.05, 4.69) is 19.2 Å². The lowest BCUT2D eigenvalue weighted by Crippen LogP contribution is -2.20. The Balaban J connectivity index is 2.71. The summed E-state index contributed by atoms with van der Waals surface area (Å²) in [6, 6.07) is 5.25. The Morgan fingerprint density at radius 3 is 2.68 bits per heavy atom. The first-order chi connectivity index (χ1) is 9.20. The molecular formula is C16H26FNO. The second-order valence-corrected chi connectivity index (χ2v) is 4.89. The molecule has 1 atom stereocenters. The number of ether oxygens (including phenoxy) is 1. The van der Waals surface area contributed by atoms with Crippen LogP contribution in [0, 0.1) is 5.82 Å². The Labute approximate surface area is 116 Å². The van der Waals surface area contributed by atoms with Crippen LogP contribution >= 0.6 is 0 Å². The summed E-state index contributed by atoms with van der Waals surface area (Å²) < 4.78 is 19.5. The SMILES string of the molecule is CCCCCOc1c(F)cccc1C(C)NCCC. The maximum Gasteiger partial charge on any atom is 0.165 e. The van der Waals surface area contributed by atoms with Crippen LogP contribution in [0.15, 0.2) is 18.2 Å². The molecule has 0 heterocycles. The monoisotopic (exact) mass is 267 g/mol. The van der Waals surface area contributed by atoms with Crippen molar-refractivity contribution in [1.82, 2.24) is 5.32 Å². The van der Waals surface area contributed by atoms with Gasteiger partial charge in [0.15, 0.2) is 11.6 Å². The van der Waals surface area contributed by atoms with Crippen LogP contribution in [0.4, 0.5) is 4.39 Å². The number of para-hydroxylation sites is 1. The Morgan fingerprint density at radius 1 is 1.21 bits per heavy atom. The molecule has 0 saturated carbocycles. The van der Waals surface area contributed by atoms with Gasteiger partial charge in [-0.1, -0.05) is 38.8 Å². The summed E-state index contributed by atoms with van der Waals surface area (Å²) in [7, 11) is 0. The highest BCUT2D eigenvalue weighted by Crippen LogP contribution is 2.28. The minimum absolute atomic E-state index is 0.108. The lowest BCUT2D eigenvalue weighted by molar-refractivity contribution is 0.285. The number of benzene rings is 1. The van der Waals surface area contributed by atoms with E-state index >= 15 is 0 Å². The minimum atomic E-state index is -0.265. The van der Waals surface area contributed by atoms with Crippen LogP contribution in [0.5, 0.6) is 5.75 Å². The van der Waals surface area contributed by atoms with Crippen molar-refractivity contribution in [3.05, 3.63) is 29.6 Å². The third-order valence-corrected chi connectivity index (χ3v) is 3.16. The summed E-state index contributed by atoms with van der Waals surface area (Å²) in [5, 5.41) is 3.37. The molecule has 0 aliphatic heterocycles. The fraction of sp³-hybridized carbons (Fsp3) is 0.625. The van der Waals surface area contributed by atoms with E-state index in [1.807, 2.05) is 13.0 Å². The molecule has 108 valence electrons. The topological polar surface area (TPSA) is 21.3 Å². The number of hydrogen-bond acceptors (Lipinski definition) is 2. The minimum Gasteiger partial charge on any atom is -0.490 e. The lowest BCUT2D eigenvalue weighted by atomic mass is 10.1. The number of halogens is 1. The smallest absolute Gasteiger partial charge is 0.165 e. The first-order valence-corrected chi connectivity index (χ1v) is 7.35. The van der Waals surface area contributed by atoms with E-state index in [0.29, 0.717) is 12.4 Å². The van der Waals surface area contributed by atoms with Gasteiger partial charge in [-0.2, -0.15) is 0 Å². The summed E-state index contributed by atoms with van der Waals surface area (Å²) in [5.41, 5.74) is 0.907. The Morgan fingerprint density at radius 2 is 2.00 bits per heavy atom. The fourth-order valence-corrected chi connectivity index (χ4v) is 2.02. The summed E-state index contributed by atoms with van der Waals surface area (Å²) in [6.07, 6.45) is 4.29. The van der Waals surface area contributed by atoms with Crippen LogP contribution in [0.25, 0.3) is 0 Å². The molecule has 3 heteroatoms. The molecule has 0 spiro atoms. The van der Waals surface area contributed by atoms with E-state index in [1.165, 1.54) is 6.07 Å². The van der Waals surface area contributed by atoms with Gasteiger partial charge < -0.3 is 10.1 Å². The van der Waals surface area contributed by atoms with Crippen LogP contribution in [-0.2, 0) is 0 Å². The van der Waals surface area contributed by atoms with Gasteiger partial charge >= 0.3 is 0 Å². The van der Waals surface area contributed by atoms with Crippen LogP contribution in [0.3, 0.4) is 0 Å². The maximum absolute atomic E-state index is 13.9. The molecule has 0 amide bonds. The normalized spacial score (nSPS) is 12.4. The molecule has 1 aromatic rings. The van der Waals surface area contributed by atoms with Gasteiger partial charge in [-0.05, 0) is 32.4 Å². The summed E-state index contributed by atoms with van der Waals surface area (Å²) in [5.74, 6) is 0.147. The quantitative estimate of drug-likeness (QED) is 0.667. The molecule has 0 fully saturated rings. The molecule has 1 rings (SSSR count). The molecule has 0 aliphatic carbocycles. The Bertz CT molecular complexity index is 368.